The van der Waals surface area contributed by atoms with Crippen LogP contribution in [0.25, 0.3) is 0 Å². The summed E-state index contributed by atoms with van der Waals surface area (Å²) >= 11 is 0. The van der Waals surface area contributed by atoms with Gasteiger partial charge in [-0.3, -0.25) is 4.98 Å². The lowest BCUT2D eigenvalue weighted by Gasteiger charge is -2.10. The van der Waals surface area contributed by atoms with E-state index in [1.165, 1.54) is 5.56 Å². The van der Waals surface area contributed by atoms with Gasteiger partial charge in [-0.25, -0.2) is 0 Å². The summed E-state index contributed by atoms with van der Waals surface area (Å²) in [6.07, 6.45) is 1.79. The Morgan fingerprint density at radius 1 is 1.38 bits per heavy atom. The lowest BCUT2D eigenvalue weighted by molar-refractivity contribution is 0.293. The van der Waals surface area contributed by atoms with E-state index >= 15 is 0 Å². The molecule has 1 unspecified atom stereocenters. The first-order valence-electron chi connectivity index (χ1n) is 7.31. The fourth-order valence-electron chi connectivity index (χ4n) is 2.52. The zero-order valence-electron chi connectivity index (χ0n) is 12.4. The van der Waals surface area contributed by atoms with Gasteiger partial charge >= 0.3 is 0 Å². The van der Waals surface area contributed by atoms with Crippen molar-refractivity contribution in [1.29, 1.82) is 0 Å². The minimum absolute atomic E-state index is 0.289. The summed E-state index contributed by atoms with van der Waals surface area (Å²) in [6, 6.07) is 10.3. The number of aryl methyl sites for hydroxylation is 1. The molecule has 0 bridgehead atoms. The SMILES string of the molecule is CCNC1COc2cc(OCc3ncccc3C)ccc21. The molecule has 0 spiro atoms. The zero-order chi connectivity index (χ0) is 14.7. The van der Waals surface area contributed by atoms with Crippen molar-refractivity contribution in [3.8, 4) is 11.5 Å². The van der Waals surface area contributed by atoms with Crippen LogP contribution in [0.4, 0.5) is 0 Å². The van der Waals surface area contributed by atoms with Crippen LogP contribution in [0.1, 0.15) is 29.8 Å². The van der Waals surface area contributed by atoms with E-state index in [0.29, 0.717) is 13.2 Å². The summed E-state index contributed by atoms with van der Waals surface area (Å²) in [5.41, 5.74) is 3.31. The van der Waals surface area contributed by atoms with Crippen LogP contribution < -0.4 is 14.8 Å². The van der Waals surface area contributed by atoms with Crippen molar-refractivity contribution in [2.75, 3.05) is 13.2 Å². The molecule has 2 heterocycles. The highest BCUT2D eigenvalue weighted by molar-refractivity contribution is 5.45. The molecule has 4 heteroatoms. The van der Waals surface area contributed by atoms with E-state index in [4.69, 9.17) is 9.47 Å². The van der Waals surface area contributed by atoms with Crippen LogP contribution >= 0.6 is 0 Å². The second-order valence-electron chi connectivity index (χ2n) is 5.18. The summed E-state index contributed by atoms with van der Waals surface area (Å²) in [6.45, 7) is 6.24. The number of fused-ring (bicyclic) bond motifs is 1. The highest BCUT2D eigenvalue weighted by Gasteiger charge is 2.23. The summed E-state index contributed by atoms with van der Waals surface area (Å²) in [7, 11) is 0. The Kier molecular flexibility index (Phi) is 4.06. The van der Waals surface area contributed by atoms with Crippen molar-refractivity contribution in [1.82, 2.24) is 10.3 Å². The second kappa shape index (κ2) is 6.14. The molecule has 21 heavy (non-hydrogen) atoms. The molecule has 1 aromatic heterocycles. The molecule has 3 rings (SSSR count). The maximum atomic E-state index is 5.83. The Bertz CT molecular complexity index is 628. The van der Waals surface area contributed by atoms with E-state index in [1.54, 1.807) is 6.20 Å². The third-order valence-corrected chi connectivity index (χ3v) is 3.71. The van der Waals surface area contributed by atoms with Gasteiger partial charge in [-0.2, -0.15) is 0 Å². The Labute approximate surface area is 125 Å². The number of likely N-dealkylation sites (N-methyl/N-ethyl adjacent to an activating group) is 1. The van der Waals surface area contributed by atoms with Crippen molar-refractivity contribution in [3.63, 3.8) is 0 Å². The number of aromatic nitrogens is 1. The Hall–Kier alpha value is -2.07. The Balaban J connectivity index is 1.69. The maximum Gasteiger partial charge on any atom is 0.130 e. The van der Waals surface area contributed by atoms with Crippen LogP contribution in [-0.2, 0) is 6.61 Å². The van der Waals surface area contributed by atoms with Crippen molar-refractivity contribution in [2.24, 2.45) is 0 Å². The molecule has 0 saturated carbocycles. The quantitative estimate of drug-likeness (QED) is 0.916. The van der Waals surface area contributed by atoms with E-state index in [-0.39, 0.29) is 6.04 Å². The minimum Gasteiger partial charge on any atom is -0.491 e. The van der Waals surface area contributed by atoms with Crippen molar-refractivity contribution in [3.05, 3.63) is 53.3 Å². The summed E-state index contributed by atoms with van der Waals surface area (Å²) in [5.74, 6) is 1.73. The molecule has 0 amide bonds. The Morgan fingerprint density at radius 2 is 2.29 bits per heavy atom. The maximum absolute atomic E-state index is 5.83. The van der Waals surface area contributed by atoms with Gasteiger partial charge in [-0.15, -0.1) is 0 Å². The molecule has 1 atom stereocenters. The molecular formula is C17H20N2O2. The molecule has 1 N–H and O–H groups in total. The fourth-order valence-corrected chi connectivity index (χ4v) is 2.52. The van der Waals surface area contributed by atoms with Gasteiger partial charge in [0, 0.05) is 17.8 Å². The van der Waals surface area contributed by atoms with Crippen LogP contribution in [0.2, 0.25) is 0 Å². The Morgan fingerprint density at radius 3 is 3.10 bits per heavy atom. The molecule has 2 aromatic rings. The lowest BCUT2D eigenvalue weighted by Crippen LogP contribution is -2.21. The average Bonchev–Trinajstić information content (AvgIpc) is 2.89. The van der Waals surface area contributed by atoms with Crippen LogP contribution in [0, 0.1) is 6.92 Å². The van der Waals surface area contributed by atoms with Gasteiger partial charge < -0.3 is 14.8 Å². The number of nitrogens with zero attached hydrogens (tertiary/aromatic N) is 1. The number of hydrogen-bond acceptors (Lipinski definition) is 4. The second-order valence-corrected chi connectivity index (χ2v) is 5.18. The standard InChI is InChI=1S/C17H20N2O2/c1-3-18-16-11-21-17-9-13(6-7-14(16)17)20-10-15-12(2)5-4-8-19-15/h4-9,16,18H,3,10-11H2,1-2H3. The topological polar surface area (TPSA) is 43.4 Å². The number of ether oxygens (including phenoxy) is 2. The first-order valence-corrected chi connectivity index (χ1v) is 7.31. The number of benzene rings is 1. The molecule has 110 valence electrons. The summed E-state index contributed by atoms with van der Waals surface area (Å²) in [5, 5.41) is 3.41. The van der Waals surface area contributed by atoms with Gasteiger partial charge in [-0.05, 0) is 37.2 Å². The van der Waals surface area contributed by atoms with Gasteiger partial charge in [0.1, 0.15) is 24.7 Å². The third-order valence-electron chi connectivity index (χ3n) is 3.71. The first-order chi connectivity index (χ1) is 10.3. The molecule has 0 radical (unpaired) electrons. The van der Waals surface area contributed by atoms with Crippen LogP contribution in [0.3, 0.4) is 0 Å². The smallest absolute Gasteiger partial charge is 0.130 e. The summed E-state index contributed by atoms with van der Waals surface area (Å²) in [4.78, 5) is 4.34. The predicted octanol–water partition coefficient (Wildman–Crippen LogP) is 3.01. The molecule has 1 aliphatic heterocycles. The monoisotopic (exact) mass is 284 g/mol. The van der Waals surface area contributed by atoms with Gasteiger partial charge in [0.25, 0.3) is 0 Å². The third kappa shape index (κ3) is 3.00. The van der Waals surface area contributed by atoms with Crippen LogP contribution in [0.5, 0.6) is 11.5 Å². The molecule has 0 aliphatic carbocycles. The van der Waals surface area contributed by atoms with Crippen LogP contribution in [0.15, 0.2) is 36.5 Å². The van der Waals surface area contributed by atoms with E-state index in [0.717, 1.165) is 29.3 Å². The van der Waals surface area contributed by atoms with Gasteiger partial charge in [0.2, 0.25) is 0 Å². The molecule has 1 aromatic carbocycles. The van der Waals surface area contributed by atoms with E-state index < -0.39 is 0 Å². The van der Waals surface area contributed by atoms with E-state index in [1.807, 2.05) is 31.2 Å². The van der Waals surface area contributed by atoms with Crippen molar-refractivity contribution >= 4 is 0 Å². The average molecular weight is 284 g/mol. The van der Waals surface area contributed by atoms with Crippen molar-refractivity contribution < 1.29 is 9.47 Å². The first kappa shape index (κ1) is 13.9. The molecule has 0 fully saturated rings. The number of rotatable bonds is 5. The molecule has 0 saturated heterocycles. The van der Waals surface area contributed by atoms with Gasteiger partial charge in [-0.1, -0.05) is 13.0 Å². The molecule has 1 aliphatic rings. The van der Waals surface area contributed by atoms with Crippen molar-refractivity contribution in [2.45, 2.75) is 26.5 Å². The van der Waals surface area contributed by atoms with Gasteiger partial charge in [0.05, 0.1) is 11.7 Å². The largest absolute Gasteiger partial charge is 0.491 e. The number of pyridine rings is 1. The number of hydrogen-bond donors (Lipinski definition) is 1. The molecular weight excluding hydrogens is 264 g/mol. The highest BCUT2D eigenvalue weighted by Crippen LogP contribution is 2.35. The van der Waals surface area contributed by atoms with E-state index in [9.17, 15) is 0 Å². The van der Waals surface area contributed by atoms with Gasteiger partial charge in [0.15, 0.2) is 0 Å². The lowest BCUT2D eigenvalue weighted by atomic mass is 10.1. The molecule has 4 nitrogen and oxygen atoms in total. The minimum atomic E-state index is 0.289. The highest BCUT2D eigenvalue weighted by atomic mass is 16.5. The summed E-state index contributed by atoms with van der Waals surface area (Å²) < 4.78 is 11.6. The number of nitrogens with one attached hydrogen (secondary N) is 1. The normalized spacial score (nSPS) is 16.4. The van der Waals surface area contributed by atoms with E-state index in [2.05, 4.69) is 23.3 Å². The van der Waals surface area contributed by atoms with Crippen LogP contribution in [-0.4, -0.2) is 18.1 Å². The zero-order valence-corrected chi connectivity index (χ0v) is 12.4. The fraction of sp³-hybridized carbons (Fsp3) is 0.353. The predicted molar refractivity (Wildman–Crippen MR) is 81.7 cm³/mol.